The summed E-state index contributed by atoms with van der Waals surface area (Å²) >= 11 is 0. The fraction of sp³-hybridized carbons (Fsp3) is 0.263. The van der Waals surface area contributed by atoms with Crippen molar-refractivity contribution < 1.29 is 18.7 Å². The molecule has 130 valence electrons. The Morgan fingerprint density at radius 1 is 1.24 bits per heavy atom. The average molecular weight is 342 g/mol. The molecule has 25 heavy (non-hydrogen) atoms. The van der Waals surface area contributed by atoms with Gasteiger partial charge in [0.15, 0.2) is 0 Å². The molecule has 0 fully saturated rings. The van der Waals surface area contributed by atoms with Gasteiger partial charge < -0.3 is 15.0 Å². The molecular formula is C19H19FN2O3. The highest BCUT2D eigenvalue weighted by Crippen LogP contribution is 2.35. The zero-order chi connectivity index (χ0) is 18.2. The summed E-state index contributed by atoms with van der Waals surface area (Å²) in [5.74, 6) is -0.870. The Kier molecular flexibility index (Phi) is 4.20. The monoisotopic (exact) mass is 342 g/mol. The summed E-state index contributed by atoms with van der Waals surface area (Å²) in [6.45, 7) is 3.60. The summed E-state index contributed by atoms with van der Waals surface area (Å²) in [6.07, 6.45) is 0. The van der Waals surface area contributed by atoms with Gasteiger partial charge in [-0.25, -0.2) is 4.39 Å². The van der Waals surface area contributed by atoms with Crippen LogP contribution in [0.5, 0.6) is 5.75 Å². The lowest BCUT2D eigenvalue weighted by Gasteiger charge is -2.36. The van der Waals surface area contributed by atoms with Crippen LogP contribution in [0.15, 0.2) is 42.5 Å². The first-order valence-electron chi connectivity index (χ1n) is 7.91. The average Bonchev–Trinajstić information content (AvgIpc) is 2.57. The number of fused-ring (bicyclic) bond motifs is 1. The Balaban J connectivity index is 1.81. The molecule has 6 heteroatoms. The van der Waals surface area contributed by atoms with Crippen molar-refractivity contribution in [1.82, 2.24) is 4.90 Å². The smallest absolute Gasteiger partial charge is 0.278 e. The fourth-order valence-corrected chi connectivity index (χ4v) is 2.78. The minimum atomic E-state index is -1.66. The number of halogens is 1. The van der Waals surface area contributed by atoms with E-state index in [0.717, 1.165) is 11.1 Å². The largest absolute Gasteiger partial charge is 0.466 e. The maximum absolute atomic E-state index is 13.0. The van der Waals surface area contributed by atoms with Crippen molar-refractivity contribution in [2.45, 2.75) is 26.0 Å². The van der Waals surface area contributed by atoms with Gasteiger partial charge in [-0.1, -0.05) is 18.2 Å². The number of likely N-dealkylation sites (N-methyl/N-ethyl adjacent to an activating group) is 1. The molecule has 0 saturated carbocycles. The molecule has 1 N–H and O–H groups in total. The van der Waals surface area contributed by atoms with E-state index in [4.69, 9.17) is 4.74 Å². The van der Waals surface area contributed by atoms with Crippen molar-refractivity contribution in [3.8, 4) is 5.75 Å². The molecule has 2 aromatic carbocycles. The fourth-order valence-electron chi connectivity index (χ4n) is 2.78. The van der Waals surface area contributed by atoms with Gasteiger partial charge in [0.1, 0.15) is 11.6 Å². The van der Waals surface area contributed by atoms with Gasteiger partial charge in [-0.3, -0.25) is 9.59 Å². The Morgan fingerprint density at radius 3 is 2.60 bits per heavy atom. The maximum Gasteiger partial charge on any atom is 0.278 e. The molecule has 5 nitrogen and oxygen atoms in total. The first kappa shape index (κ1) is 17.0. The van der Waals surface area contributed by atoms with Crippen molar-refractivity contribution in [2.24, 2.45) is 0 Å². The number of aryl methyl sites for hydroxylation is 1. The molecule has 1 aliphatic heterocycles. The first-order valence-corrected chi connectivity index (χ1v) is 7.91. The molecule has 1 aliphatic rings. The molecule has 2 amide bonds. The van der Waals surface area contributed by atoms with Crippen LogP contribution in [0.25, 0.3) is 0 Å². The van der Waals surface area contributed by atoms with Gasteiger partial charge >= 0.3 is 0 Å². The number of hydrogen-bond acceptors (Lipinski definition) is 3. The number of carbonyl (C=O) groups excluding carboxylic acids is 2. The van der Waals surface area contributed by atoms with E-state index in [2.05, 4.69) is 5.32 Å². The number of nitrogens with zero attached hydrogens (tertiary/aromatic N) is 1. The zero-order valence-corrected chi connectivity index (χ0v) is 14.3. The van der Waals surface area contributed by atoms with E-state index in [1.54, 1.807) is 31.3 Å². The SMILES string of the molecule is Cc1ccc2c(c1)NC(=O)C(C)(C(=O)N(C)Cc1ccc(F)cc1)O2. The number of amides is 2. The molecule has 1 unspecified atom stereocenters. The van der Waals surface area contributed by atoms with Crippen LogP contribution in [0.2, 0.25) is 0 Å². The van der Waals surface area contributed by atoms with Crippen LogP contribution < -0.4 is 10.1 Å². The number of rotatable bonds is 3. The van der Waals surface area contributed by atoms with Crippen molar-refractivity contribution in [3.05, 3.63) is 59.4 Å². The van der Waals surface area contributed by atoms with Crippen molar-refractivity contribution >= 4 is 17.5 Å². The Bertz CT molecular complexity index is 835. The number of benzene rings is 2. The van der Waals surface area contributed by atoms with Gasteiger partial charge in [0.25, 0.3) is 17.4 Å². The van der Waals surface area contributed by atoms with Crippen LogP contribution in [-0.4, -0.2) is 29.4 Å². The quantitative estimate of drug-likeness (QED) is 0.873. The van der Waals surface area contributed by atoms with E-state index in [1.165, 1.54) is 24.0 Å². The van der Waals surface area contributed by atoms with Crippen LogP contribution in [0.1, 0.15) is 18.1 Å². The second kappa shape index (κ2) is 6.20. The van der Waals surface area contributed by atoms with E-state index < -0.39 is 17.4 Å². The lowest BCUT2D eigenvalue weighted by atomic mass is 10.00. The molecule has 0 radical (unpaired) electrons. The maximum atomic E-state index is 13.0. The molecule has 0 aromatic heterocycles. The van der Waals surface area contributed by atoms with E-state index >= 15 is 0 Å². The highest BCUT2D eigenvalue weighted by atomic mass is 19.1. The van der Waals surface area contributed by atoms with Crippen molar-refractivity contribution in [2.75, 3.05) is 12.4 Å². The minimum Gasteiger partial charge on any atom is -0.466 e. The Labute approximate surface area is 145 Å². The summed E-state index contributed by atoms with van der Waals surface area (Å²) in [6, 6.07) is 11.2. The predicted molar refractivity (Wildman–Crippen MR) is 91.7 cm³/mol. The normalized spacial score (nSPS) is 18.8. The van der Waals surface area contributed by atoms with Crippen molar-refractivity contribution in [1.29, 1.82) is 0 Å². The number of ether oxygens (including phenoxy) is 1. The zero-order valence-electron chi connectivity index (χ0n) is 14.3. The number of anilines is 1. The third-order valence-corrected chi connectivity index (χ3v) is 4.22. The number of hydrogen-bond donors (Lipinski definition) is 1. The van der Waals surface area contributed by atoms with Gasteiger partial charge in [-0.15, -0.1) is 0 Å². The summed E-state index contributed by atoms with van der Waals surface area (Å²) < 4.78 is 18.8. The molecule has 0 bridgehead atoms. The topological polar surface area (TPSA) is 58.6 Å². The van der Waals surface area contributed by atoms with E-state index in [9.17, 15) is 14.0 Å². The van der Waals surface area contributed by atoms with Gasteiger partial charge in [0.2, 0.25) is 0 Å². The summed E-state index contributed by atoms with van der Waals surface area (Å²) in [7, 11) is 1.58. The third kappa shape index (κ3) is 3.20. The molecule has 1 heterocycles. The van der Waals surface area contributed by atoms with Gasteiger partial charge in [0.05, 0.1) is 5.69 Å². The first-order chi connectivity index (χ1) is 11.8. The van der Waals surface area contributed by atoms with Crippen LogP contribution in [0, 0.1) is 12.7 Å². The summed E-state index contributed by atoms with van der Waals surface area (Å²) in [5, 5.41) is 2.74. The Morgan fingerprint density at radius 2 is 1.92 bits per heavy atom. The number of nitrogens with one attached hydrogen (secondary N) is 1. The molecule has 1 atom stereocenters. The van der Waals surface area contributed by atoms with Gasteiger partial charge in [-0.2, -0.15) is 0 Å². The number of carbonyl (C=O) groups is 2. The third-order valence-electron chi connectivity index (χ3n) is 4.22. The molecule has 2 aromatic rings. The molecular weight excluding hydrogens is 323 g/mol. The van der Waals surface area contributed by atoms with Crippen LogP contribution in [0.3, 0.4) is 0 Å². The predicted octanol–water partition coefficient (Wildman–Crippen LogP) is 2.88. The standard InChI is InChI=1S/C19H19FN2O3/c1-12-4-9-16-15(10-12)21-17(23)19(2,25-16)18(24)22(3)11-13-5-7-14(20)8-6-13/h4-10H,11H2,1-3H3,(H,21,23). The second-order valence-corrected chi connectivity index (χ2v) is 6.38. The highest BCUT2D eigenvalue weighted by molar-refractivity contribution is 6.15. The molecule has 3 rings (SSSR count). The lowest BCUT2D eigenvalue weighted by Crippen LogP contribution is -2.58. The van der Waals surface area contributed by atoms with Crippen LogP contribution in [0.4, 0.5) is 10.1 Å². The van der Waals surface area contributed by atoms with E-state index in [-0.39, 0.29) is 12.4 Å². The lowest BCUT2D eigenvalue weighted by molar-refractivity contribution is -0.154. The molecule has 0 spiro atoms. The second-order valence-electron chi connectivity index (χ2n) is 6.38. The molecule has 0 saturated heterocycles. The van der Waals surface area contributed by atoms with Gasteiger partial charge in [0, 0.05) is 13.6 Å². The van der Waals surface area contributed by atoms with Crippen LogP contribution in [-0.2, 0) is 16.1 Å². The summed E-state index contributed by atoms with van der Waals surface area (Å²) in [5.41, 5.74) is 0.632. The van der Waals surface area contributed by atoms with E-state index in [1.807, 2.05) is 13.0 Å². The van der Waals surface area contributed by atoms with Gasteiger partial charge in [-0.05, 0) is 49.2 Å². The van der Waals surface area contributed by atoms with Crippen molar-refractivity contribution in [3.63, 3.8) is 0 Å². The van der Waals surface area contributed by atoms with E-state index in [0.29, 0.717) is 11.4 Å². The Hall–Kier alpha value is -2.89. The highest BCUT2D eigenvalue weighted by Gasteiger charge is 2.48. The minimum absolute atomic E-state index is 0.242. The molecule has 0 aliphatic carbocycles. The van der Waals surface area contributed by atoms with Crippen LogP contribution >= 0.6 is 0 Å². The summed E-state index contributed by atoms with van der Waals surface area (Å²) in [4.78, 5) is 26.7.